The number of aryl methyl sites for hydroxylation is 1. The molecule has 0 heterocycles. The Hall–Kier alpha value is -2.43. The summed E-state index contributed by atoms with van der Waals surface area (Å²) in [6, 6.07) is 9.03. The van der Waals surface area contributed by atoms with Crippen LogP contribution < -0.4 is 10.6 Å². The second-order valence-electron chi connectivity index (χ2n) is 4.81. The molecule has 3 nitrogen and oxygen atoms in total. The molecule has 0 atom stereocenters. The zero-order valence-electron chi connectivity index (χ0n) is 11.8. The predicted octanol–water partition coefficient (Wildman–Crippen LogP) is 3.84. The highest BCUT2D eigenvalue weighted by Gasteiger charge is 2.05. The molecule has 110 valence electrons. The van der Waals surface area contributed by atoms with Gasteiger partial charge in [0.1, 0.15) is 11.6 Å². The van der Waals surface area contributed by atoms with Gasteiger partial charge in [-0.1, -0.05) is 12.1 Å². The lowest BCUT2D eigenvalue weighted by molar-refractivity contribution is -0.114. The number of nitrogens with one attached hydrogen (secondary N) is 2. The summed E-state index contributed by atoms with van der Waals surface area (Å²) < 4.78 is 26.9. The molecule has 2 aromatic rings. The molecule has 2 aromatic carbocycles. The van der Waals surface area contributed by atoms with Crippen molar-refractivity contribution in [2.75, 3.05) is 10.6 Å². The maximum Gasteiger partial charge on any atom is 0.221 e. The second kappa shape index (κ2) is 6.35. The van der Waals surface area contributed by atoms with Gasteiger partial charge in [-0.15, -0.1) is 0 Å². The highest BCUT2D eigenvalue weighted by atomic mass is 19.1. The van der Waals surface area contributed by atoms with E-state index in [0.29, 0.717) is 17.8 Å². The van der Waals surface area contributed by atoms with Crippen molar-refractivity contribution in [1.82, 2.24) is 0 Å². The summed E-state index contributed by atoms with van der Waals surface area (Å²) in [4.78, 5) is 11.0. The largest absolute Gasteiger partial charge is 0.379 e. The third-order valence-corrected chi connectivity index (χ3v) is 2.99. The third kappa shape index (κ3) is 4.02. The molecule has 0 aliphatic rings. The van der Waals surface area contributed by atoms with Gasteiger partial charge in [-0.2, -0.15) is 0 Å². The topological polar surface area (TPSA) is 41.1 Å². The molecule has 5 heteroatoms. The van der Waals surface area contributed by atoms with Crippen molar-refractivity contribution in [3.05, 3.63) is 59.2 Å². The molecular formula is C16H16F2N2O. The van der Waals surface area contributed by atoms with Crippen molar-refractivity contribution >= 4 is 17.3 Å². The number of carbonyl (C=O) groups excluding carboxylic acids is 1. The average Bonchev–Trinajstić information content (AvgIpc) is 2.42. The summed E-state index contributed by atoms with van der Waals surface area (Å²) in [7, 11) is 0. The predicted molar refractivity (Wildman–Crippen MR) is 79.2 cm³/mol. The van der Waals surface area contributed by atoms with E-state index < -0.39 is 5.82 Å². The van der Waals surface area contributed by atoms with E-state index in [1.54, 1.807) is 19.1 Å². The molecule has 2 N–H and O–H groups in total. The normalized spacial score (nSPS) is 10.3. The Bertz CT molecular complexity index is 671. The Morgan fingerprint density at radius 3 is 2.48 bits per heavy atom. The van der Waals surface area contributed by atoms with Crippen LogP contribution in [-0.2, 0) is 11.3 Å². The molecule has 0 radical (unpaired) electrons. The van der Waals surface area contributed by atoms with Crippen LogP contribution in [0.3, 0.4) is 0 Å². The first kappa shape index (κ1) is 15.0. The summed E-state index contributed by atoms with van der Waals surface area (Å²) in [6.45, 7) is 3.43. The van der Waals surface area contributed by atoms with Gasteiger partial charge in [0.25, 0.3) is 0 Å². The van der Waals surface area contributed by atoms with Crippen LogP contribution in [0.2, 0.25) is 0 Å². The number of hydrogen-bond acceptors (Lipinski definition) is 2. The van der Waals surface area contributed by atoms with Crippen molar-refractivity contribution in [2.24, 2.45) is 0 Å². The molecule has 2 rings (SSSR count). The van der Waals surface area contributed by atoms with Crippen molar-refractivity contribution in [1.29, 1.82) is 0 Å². The Kier molecular flexibility index (Phi) is 4.52. The van der Waals surface area contributed by atoms with Crippen LogP contribution in [-0.4, -0.2) is 5.91 Å². The number of carbonyl (C=O) groups is 1. The second-order valence-corrected chi connectivity index (χ2v) is 4.81. The van der Waals surface area contributed by atoms with E-state index in [-0.39, 0.29) is 17.4 Å². The van der Waals surface area contributed by atoms with Crippen molar-refractivity contribution < 1.29 is 13.6 Å². The van der Waals surface area contributed by atoms with Crippen LogP contribution in [0, 0.1) is 18.6 Å². The van der Waals surface area contributed by atoms with Crippen LogP contribution >= 0.6 is 0 Å². The van der Waals surface area contributed by atoms with Crippen molar-refractivity contribution in [2.45, 2.75) is 20.4 Å². The Balaban J connectivity index is 2.11. The summed E-state index contributed by atoms with van der Waals surface area (Å²) in [5.41, 5.74) is 2.19. The fourth-order valence-electron chi connectivity index (χ4n) is 1.96. The molecule has 0 fully saturated rings. The van der Waals surface area contributed by atoms with Crippen LogP contribution in [0.15, 0.2) is 36.4 Å². The number of anilines is 2. The highest BCUT2D eigenvalue weighted by Crippen LogP contribution is 2.20. The minimum Gasteiger partial charge on any atom is -0.379 e. The van der Waals surface area contributed by atoms with Gasteiger partial charge in [0.05, 0.1) is 5.69 Å². The first-order valence-electron chi connectivity index (χ1n) is 6.52. The monoisotopic (exact) mass is 290 g/mol. The third-order valence-electron chi connectivity index (χ3n) is 2.99. The van der Waals surface area contributed by atoms with Gasteiger partial charge in [-0.05, 0) is 42.3 Å². The maximum atomic E-state index is 13.7. The zero-order valence-corrected chi connectivity index (χ0v) is 11.8. The van der Waals surface area contributed by atoms with Crippen molar-refractivity contribution in [3.63, 3.8) is 0 Å². The molecule has 0 unspecified atom stereocenters. The number of amides is 1. The van der Waals surface area contributed by atoms with Gasteiger partial charge in [-0.3, -0.25) is 4.79 Å². The molecular weight excluding hydrogens is 274 g/mol. The van der Waals surface area contributed by atoms with Gasteiger partial charge in [0, 0.05) is 19.2 Å². The molecule has 0 saturated carbocycles. The summed E-state index contributed by atoms with van der Waals surface area (Å²) in [5, 5.41) is 5.53. The molecule has 0 spiro atoms. The van der Waals surface area contributed by atoms with E-state index in [0.717, 1.165) is 5.56 Å². The van der Waals surface area contributed by atoms with Gasteiger partial charge in [0.15, 0.2) is 0 Å². The quantitative estimate of drug-likeness (QED) is 0.898. The molecule has 0 aromatic heterocycles. The molecule has 0 saturated heterocycles. The van der Waals surface area contributed by atoms with Crippen LogP contribution in [0.4, 0.5) is 20.2 Å². The minimum atomic E-state index is -0.414. The lowest BCUT2D eigenvalue weighted by atomic mass is 10.1. The van der Waals surface area contributed by atoms with Crippen LogP contribution in [0.1, 0.15) is 18.1 Å². The molecule has 0 aliphatic carbocycles. The summed E-state index contributed by atoms with van der Waals surface area (Å²) >= 11 is 0. The molecule has 1 amide bonds. The van der Waals surface area contributed by atoms with E-state index in [1.807, 2.05) is 0 Å². The fourth-order valence-corrected chi connectivity index (χ4v) is 1.96. The summed E-state index contributed by atoms with van der Waals surface area (Å²) in [5.74, 6) is -0.901. The Morgan fingerprint density at radius 1 is 1.10 bits per heavy atom. The first-order valence-corrected chi connectivity index (χ1v) is 6.52. The van der Waals surface area contributed by atoms with E-state index in [2.05, 4.69) is 10.6 Å². The molecule has 0 bridgehead atoms. The van der Waals surface area contributed by atoms with Crippen LogP contribution in [0.5, 0.6) is 0 Å². The van der Waals surface area contributed by atoms with Crippen LogP contribution in [0.25, 0.3) is 0 Å². The Morgan fingerprint density at radius 2 is 1.81 bits per heavy atom. The lowest BCUT2D eigenvalue weighted by Crippen LogP contribution is -2.07. The van der Waals surface area contributed by atoms with E-state index in [9.17, 15) is 13.6 Å². The van der Waals surface area contributed by atoms with Crippen molar-refractivity contribution in [3.8, 4) is 0 Å². The van der Waals surface area contributed by atoms with Gasteiger partial charge >= 0.3 is 0 Å². The SMILES string of the molecule is CC(=O)Nc1ccc(F)c(NCc2ccc(F)c(C)c2)c1. The van der Waals surface area contributed by atoms with Gasteiger partial charge in [0.2, 0.25) is 5.91 Å². The first-order chi connectivity index (χ1) is 9.95. The smallest absolute Gasteiger partial charge is 0.221 e. The van der Waals surface area contributed by atoms with E-state index in [4.69, 9.17) is 0 Å². The maximum absolute atomic E-state index is 13.7. The summed E-state index contributed by atoms with van der Waals surface area (Å²) in [6.07, 6.45) is 0. The highest BCUT2D eigenvalue weighted by molar-refractivity contribution is 5.89. The number of rotatable bonds is 4. The van der Waals surface area contributed by atoms with Gasteiger partial charge < -0.3 is 10.6 Å². The molecule has 21 heavy (non-hydrogen) atoms. The van der Waals surface area contributed by atoms with Gasteiger partial charge in [-0.25, -0.2) is 8.78 Å². The number of hydrogen-bond donors (Lipinski definition) is 2. The number of halogens is 2. The fraction of sp³-hybridized carbons (Fsp3) is 0.188. The number of benzene rings is 2. The standard InChI is InChI=1S/C16H16F2N2O/c1-10-7-12(3-5-14(10)17)9-19-16-8-13(20-11(2)21)4-6-15(16)18/h3-8,19H,9H2,1-2H3,(H,20,21). The van der Waals surface area contributed by atoms with E-state index in [1.165, 1.54) is 31.2 Å². The lowest BCUT2D eigenvalue weighted by Gasteiger charge is -2.11. The molecule has 0 aliphatic heterocycles. The minimum absolute atomic E-state index is 0.221. The average molecular weight is 290 g/mol. The van der Waals surface area contributed by atoms with E-state index >= 15 is 0 Å². The Labute approximate surface area is 122 Å². The zero-order chi connectivity index (χ0) is 15.4.